The molecule has 4 aliphatic rings. The summed E-state index contributed by atoms with van der Waals surface area (Å²) in [4.78, 5) is 74.7. The van der Waals surface area contributed by atoms with Gasteiger partial charge in [-0.3, -0.25) is 25.0 Å². The Kier molecular flexibility index (Phi) is 29.6. The van der Waals surface area contributed by atoms with E-state index in [0.717, 1.165) is 91.0 Å². The zero-order valence-corrected chi connectivity index (χ0v) is 58.9. The van der Waals surface area contributed by atoms with E-state index in [0.29, 0.717) is 100 Å². The van der Waals surface area contributed by atoms with Gasteiger partial charge in [0.1, 0.15) is 30.9 Å². The summed E-state index contributed by atoms with van der Waals surface area (Å²) in [5, 5.41) is 9.13. The fourth-order valence-electron chi connectivity index (χ4n) is 13.6. The third kappa shape index (κ3) is 21.8. The van der Waals surface area contributed by atoms with Crippen LogP contribution < -0.4 is 16.0 Å². The molecule has 27 heteroatoms. The van der Waals surface area contributed by atoms with Gasteiger partial charge in [-0.2, -0.15) is 26.3 Å². The summed E-state index contributed by atoms with van der Waals surface area (Å²) in [5.74, 6) is -1.72. The molecule has 548 valence electrons. The lowest BCUT2D eigenvalue weighted by Crippen LogP contribution is -2.50. The summed E-state index contributed by atoms with van der Waals surface area (Å²) in [5.41, 5.74) is 1.33. The van der Waals surface area contributed by atoms with E-state index in [9.17, 15) is 54.7 Å². The van der Waals surface area contributed by atoms with Gasteiger partial charge in [0.2, 0.25) is 11.8 Å². The number of ether oxygens (including phenoxy) is 4. The van der Waals surface area contributed by atoms with Crippen molar-refractivity contribution < 1.29 is 73.7 Å². The van der Waals surface area contributed by atoms with Crippen molar-refractivity contribution in [1.29, 1.82) is 0 Å². The average Bonchev–Trinajstić information content (AvgIpc) is 1.61. The number of hydrogen-bond donors (Lipinski definition) is 3. The summed E-state index contributed by atoms with van der Waals surface area (Å²) >= 11 is 0. The number of fused-ring (bicyclic) bond motifs is 2. The minimum atomic E-state index is -5.15. The number of likely N-dealkylation sites (N-methyl/N-ethyl adjacent to an activating group) is 2. The van der Waals surface area contributed by atoms with Crippen LogP contribution in [0.2, 0.25) is 0 Å². The number of carbonyl (C=O) groups is 5. The van der Waals surface area contributed by atoms with Gasteiger partial charge in [0.15, 0.2) is 0 Å². The van der Waals surface area contributed by atoms with Gasteiger partial charge in [0.25, 0.3) is 5.91 Å². The van der Waals surface area contributed by atoms with Crippen molar-refractivity contribution in [2.45, 2.75) is 113 Å². The second-order valence-electron chi connectivity index (χ2n) is 25.9. The first-order valence-electron chi connectivity index (χ1n) is 33.5. The molecule has 10 rings (SSSR count). The number of benzene rings is 6. The highest BCUT2D eigenvalue weighted by molar-refractivity contribution is 5.95. The molecule has 2 atom stereocenters. The number of halogens is 10. The van der Waals surface area contributed by atoms with Crippen molar-refractivity contribution in [2.75, 3.05) is 110 Å². The number of nitrogens with one attached hydrogen (secondary N) is 3. The molecule has 0 aromatic heterocycles. The molecular formula is C74H88Cl3F7N8O9. The fraction of sp³-hybridized carbons (Fsp3) is 0.446. The fourth-order valence-corrected chi connectivity index (χ4v) is 13.6. The first kappa shape index (κ1) is 80.8. The molecule has 1 spiro atoms. The van der Waals surface area contributed by atoms with Crippen LogP contribution in [0.3, 0.4) is 0 Å². The summed E-state index contributed by atoms with van der Waals surface area (Å²) in [6, 6.07) is 39.3. The van der Waals surface area contributed by atoms with Crippen LogP contribution in [0.25, 0.3) is 11.1 Å². The quantitative estimate of drug-likeness (QED) is 0.0329. The van der Waals surface area contributed by atoms with E-state index in [2.05, 4.69) is 37.9 Å². The molecule has 5 amide bonds. The van der Waals surface area contributed by atoms with E-state index < -0.39 is 70.7 Å². The van der Waals surface area contributed by atoms with E-state index in [1.165, 1.54) is 24.3 Å². The number of rotatable bonds is 27. The van der Waals surface area contributed by atoms with Gasteiger partial charge in [-0.15, -0.1) is 37.2 Å². The van der Waals surface area contributed by atoms with Crippen molar-refractivity contribution in [3.63, 3.8) is 0 Å². The van der Waals surface area contributed by atoms with Gasteiger partial charge in [-0.05, 0) is 154 Å². The molecular weight excluding hydrogens is 1380 g/mol. The molecule has 6 aromatic carbocycles. The summed E-state index contributed by atoms with van der Waals surface area (Å²) in [6.45, 7) is 5.58. The lowest BCUT2D eigenvalue weighted by Gasteiger charge is -2.44. The SMILES string of the molecule is CN(CCN1CCC(OC(=O)Nc2ccccc2-c2ccccc2)CC1)C(=O)CCCCCNCc1ccc(NC(=O)OCCCN(C)C(=O)CO[C@H]2Cc3ccccc3C23CCN(CC[C@]2(c4ccc(F)cc4)CN(C(=O)c4cc(C(F)(F)F)cc(C(F)(F)F)c4)CO2)CC3)cc1.Cl.Cl.Cl. The molecule has 0 saturated carbocycles. The molecule has 0 radical (unpaired) electrons. The Morgan fingerprint density at radius 2 is 1.31 bits per heavy atom. The highest BCUT2D eigenvalue weighted by atomic mass is 35.5. The average molecular weight is 1470 g/mol. The van der Waals surface area contributed by atoms with Crippen molar-refractivity contribution >= 4 is 78.5 Å². The third-order valence-electron chi connectivity index (χ3n) is 19.3. The van der Waals surface area contributed by atoms with Gasteiger partial charge in [0, 0.05) is 88.6 Å². The largest absolute Gasteiger partial charge is 0.449 e. The van der Waals surface area contributed by atoms with Crippen LogP contribution >= 0.6 is 37.2 Å². The van der Waals surface area contributed by atoms with Gasteiger partial charge < -0.3 is 48.8 Å². The number of para-hydroxylation sites is 1. The van der Waals surface area contributed by atoms with Gasteiger partial charge in [-0.1, -0.05) is 103 Å². The number of piperidine rings is 2. The van der Waals surface area contributed by atoms with Crippen LogP contribution in [0.4, 0.5) is 51.7 Å². The van der Waals surface area contributed by atoms with Crippen LogP contribution in [0.1, 0.15) is 108 Å². The van der Waals surface area contributed by atoms with Crippen LogP contribution in [0, 0.1) is 5.82 Å². The molecule has 6 aromatic rings. The predicted octanol–water partition coefficient (Wildman–Crippen LogP) is 14.4. The second-order valence-corrected chi connectivity index (χ2v) is 25.9. The minimum Gasteiger partial charge on any atom is -0.449 e. The Bertz CT molecular complexity index is 3650. The molecule has 0 bridgehead atoms. The number of likely N-dealkylation sites (tertiary alicyclic amines) is 2. The van der Waals surface area contributed by atoms with Gasteiger partial charge >= 0.3 is 24.5 Å². The molecule has 1 aliphatic carbocycles. The molecule has 3 aliphatic heterocycles. The maximum atomic E-state index is 14.2. The third-order valence-corrected chi connectivity index (χ3v) is 19.3. The van der Waals surface area contributed by atoms with E-state index in [1.807, 2.05) is 85.9 Å². The van der Waals surface area contributed by atoms with Crippen molar-refractivity contribution in [2.24, 2.45) is 0 Å². The molecule has 101 heavy (non-hydrogen) atoms. The number of unbranched alkanes of at least 4 members (excludes halogenated alkanes) is 2. The number of alkyl halides is 6. The zero-order chi connectivity index (χ0) is 69.5. The molecule has 3 saturated heterocycles. The van der Waals surface area contributed by atoms with Crippen LogP contribution in [-0.2, 0) is 64.9 Å². The number of anilines is 2. The summed E-state index contributed by atoms with van der Waals surface area (Å²) in [6.07, 6.45) is -4.70. The highest BCUT2D eigenvalue weighted by Crippen LogP contribution is 2.48. The Labute approximate surface area is 603 Å². The minimum absolute atomic E-state index is 0. The lowest BCUT2D eigenvalue weighted by molar-refractivity contribution is -0.143. The summed E-state index contributed by atoms with van der Waals surface area (Å²) < 4.78 is 121. The monoisotopic (exact) mass is 1470 g/mol. The van der Waals surface area contributed by atoms with E-state index in [4.69, 9.17) is 18.9 Å². The smallest absolute Gasteiger partial charge is 0.416 e. The maximum Gasteiger partial charge on any atom is 0.416 e. The molecule has 3 heterocycles. The molecule has 3 N–H and O–H groups in total. The van der Waals surface area contributed by atoms with Crippen molar-refractivity contribution in [3.05, 3.63) is 190 Å². The van der Waals surface area contributed by atoms with Crippen molar-refractivity contribution in [1.82, 2.24) is 29.8 Å². The zero-order valence-electron chi connectivity index (χ0n) is 56.5. The number of amides is 5. The topological polar surface area (TPSA) is 175 Å². The first-order valence-corrected chi connectivity index (χ1v) is 33.5. The molecule has 17 nitrogen and oxygen atoms in total. The molecule has 0 unspecified atom stereocenters. The first-order chi connectivity index (χ1) is 47.0. The van der Waals surface area contributed by atoms with E-state index in [1.54, 1.807) is 29.0 Å². The van der Waals surface area contributed by atoms with Crippen molar-refractivity contribution in [3.8, 4) is 11.1 Å². The van der Waals surface area contributed by atoms with Crippen LogP contribution in [0.5, 0.6) is 0 Å². The highest BCUT2D eigenvalue weighted by Gasteiger charge is 2.50. The number of nitrogens with zero attached hydrogens (tertiary/aromatic N) is 5. The Hall–Kier alpha value is -7.55. The Morgan fingerprint density at radius 3 is 2.00 bits per heavy atom. The van der Waals surface area contributed by atoms with Crippen LogP contribution in [-0.4, -0.2) is 166 Å². The van der Waals surface area contributed by atoms with Gasteiger partial charge in [-0.25, -0.2) is 14.0 Å². The summed E-state index contributed by atoms with van der Waals surface area (Å²) in [7, 11) is 3.52. The molecule has 3 fully saturated rings. The van der Waals surface area contributed by atoms with E-state index >= 15 is 0 Å². The van der Waals surface area contributed by atoms with E-state index in [-0.39, 0.29) is 93.5 Å². The standard InChI is InChI=1S/C74H85F7N8O9.3ClH/c1-85(35-13-43-95-69(93)83-60-27-21-52(22-28-60)48-82-34-12-4-7-20-66(90)86(2)41-42-87-36-29-61(30-37-87)98-70(94)84-64-19-11-9-17-62(64)53-14-5-3-6-15-53)67(91)49-96-65-46-54-16-8-10-18-63(54)71(65)31-38-88(39-32-71)40-33-72(56-23-25-59(75)26-24-56)50-89(51-97-72)68(92)55-44-57(73(76,77)78)47-58(45-55)74(79,80)81;;;/h3,5-6,8-11,14-19,21-28,44-45,47,61,65,82H,4,7,12-13,20,29-43,46,48-51H2,1-2H3,(H,83,93)(H,84,94);3*1H/t65-,72+;;;/m0.../s1. The van der Waals surface area contributed by atoms with Gasteiger partial charge in [0.05, 0.1) is 36.1 Å². The predicted molar refractivity (Wildman–Crippen MR) is 378 cm³/mol. The van der Waals surface area contributed by atoms with Crippen LogP contribution in [0.15, 0.2) is 146 Å². The Balaban J connectivity index is 0.00000477. The Morgan fingerprint density at radius 1 is 0.663 bits per heavy atom. The second kappa shape index (κ2) is 37.1. The number of carbonyl (C=O) groups excluding carboxylic acids is 5. The lowest BCUT2D eigenvalue weighted by atomic mass is 9.72. The normalized spacial score (nSPS) is 17.6. The number of hydrogen-bond acceptors (Lipinski definition) is 12. The maximum absolute atomic E-state index is 14.2.